The van der Waals surface area contributed by atoms with Crippen LogP contribution in [0.4, 0.5) is 13.2 Å². The van der Waals surface area contributed by atoms with E-state index in [1.807, 2.05) is 0 Å². The summed E-state index contributed by atoms with van der Waals surface area (Å²) in [5.74, 6) is 0.193. The minimum atomic E-state index is -4.42. The Kier molecular flexibility index (Phi) is 3.06. The number of benzene rings is 2. The molecule has 3 nitrogen and oxygen atoms in total. The number of fused-ring (bicyclic) bond motifs is 1. The van der Waals surface area contributed by atoms with Crippen LogP contribution in [-0.4, -0.2) is 15.1 Å². The second kappa shape index (κ2) is 4.66. The molecule has 0 spiro atoms. The Morgan fingerprint density at radius 2 is 1.86 bits per heavy atom. The molecular formula is C14H8ClF3N2O. The van der Waals surface area contributed by atoms with Crippen LogP contribution in [0, 0.1) is 0 Å². The van der Waals surface area contributed by atoms with Crippen molar-refractivity contribution in [1.29, 1.82) is 0 Å². The summed E-state index contributed by atoms with van der Waals surface area (Å²) in [7, 11) is 0. The monoisotopic (exact) mass is 312 g/mol. The van der Waals surface area contributed by atoms with Crippen molar-refractivity contribution in [2.24, 2.45) is 0 Å². The van der Waals surface area contributed by atoms with Crippen LogP contribution in [-0.2, 0) is 6.18 Å². The Bertz CT molecular complexity index is 827. The molecule has 1 heterocycles. The number of aromatic amines is 1. The average molecular weight is 313 g/mol. The summed E-state index contributed by atoms with van der Waals surface area (Å²) in [4.78, 5) is 6.93. The van der Waals surface area contributed by atoms with Gasteiger partial charge in [0.15, 0.2) is 0 Å². The summed E-state index contributed by atoms with van der Waals surface area (Å²) in [6.07, 6.45) is -4.42. The Balaban J connectivity index is 2.15. The normalized spacial score (nSPS) is 12.0. The summed E-state index contributed by atoms with van der Waals surface area (Å²) in [5.41, 5.74) is 0.171. The molecule has 0 unspecified atom stereocenters. The van der Waals surface area contributed by atoms with E-state index >= 15 is 0 Å². The van der Waals surface area contributed by atoms with E-state index in [1.54, 1.807) is 0 Å². The average Bonchev–Trinajstić information content (AvgIpc) is 2.83. The number of phenols is 1. The van der Waals surface area contributed by atoms with E-state index < -0.39 is 11.7 Å². The third kappa shape index (κ3) is 2.54. The van der Waals surface area contributed by atoms with Gasteiger partial charge in [-0.05, 0) is 36.4 Å². The molecule has 0 amide bonds. The fraction of sp³-hybridized carbons (Fsp3) is 0.0714. The quantitative estimate of drug-likeness (QED) is 0.689. The van der Waals surface area contributed by atoms with E-state index in [2.05, 4.69) is 9.97 Å². The highest BCUT2D eigenvalue weighted by Crippen LogP contribution is 2.34. The van der Waals surface area contributed by atoms with E-state index in [1.165, 1.54) is 24.3 Å². The van der Waals surface area contributed by atoms with Crippen molar-refractivity contribution in [2.45, 2.75) is 6.18 Å². The summed E-state index contributed by atoms with van der Waals surface area (Å²) < 4.78 is 38.0. The number of nitrogens with one attached hydrogen (secondary N) is 1. The van der Waals surface area contributed by atoms with E-state index in [4.69, 9.17) is 11.6 Å². The zero-order valence-corrected chi connectivity index (χ0v) is 11.1. The van der Waals surface area contributed by atoms with Crippen molar-refractivity contribution in [2.75, 3.05) is 0 Å². The number of rotatable bonds is 1. The summed E-state index contributed by atoms with van der Waals surface area (Å²) in [5, 5.41) is 10.2. The number of halogens is 4. The lowest BCUT2D eigenvalue weighted by Crippen LogP contribution is -2.04. The number of imidazole rings is 1. The number of H-pyrrole nitrogens is 1. The van der Waals surface area contributed by atoms with Crippen LogP contribution in [0.3, 0.4) is 0 Å². The molecule has 3 aromatic rings. The van der Waals surface area contributed by atoms with Crippen LogP contribution < -0.4 is 0 Å². The minimum Gasteiger partial charge on any atom is -0.507 e. The topological polar surface area (TPSA) is 48.9 Å². The van der Waals surface area contributed by atoms with E-state index in [0.717, 1.165) is 12.1 Å². The third-order valence-corrected chi connectivity index (χ3v) is 3.26. The van der Waals surface area contributed by atoms with Gasteiger partial charge in [0.1, 0.15) is 11.6 Å². The van der Waals surface area contributed by atoms with E-state index in [-0.39, 0.29) is 17.1 Å². The number of nitrogens with zero attached hydrogens (tertiary/aromatic N) is 1. The number of hydrogen-bond acceptors (Lipinski definition) is 2. The number of aromatic hydroxyl groups is 1. The second-order valence-electron chi connectivity index (χ2n) is 4.48. The molecule has 21 heavy (non-hydrogen) atoms. The first-order valence-electron chi connectivity index (χ1n) is 5.90. The fourth-order valence-corrected chi connectivity index (χ4v) is 2.18. The van der Waals surface area contributed by atoms with Crippen LogP contribution in [0.15, 0.2) is 36.4 Å². The fourth-order valence-electron chi connectivity index (χ4n) is 2.01. The maximum Gasteiger partial charge on any atom is 0.416 e. The number of aromatic nitrogens is 2. The molecule has 0 aliphatic carbocycles. The van der Waals surface area contributed by atoms with Gasteiger partial charge in [-0.15, -0.1) is 0 Å². The maximum absolute atomic E-state index is 12.7. The molecule has 3 rings (SSSR count). The highest BCUT2D eigenvalue weighted by Gasteiger charge is 2.30. The number of hydrogen-bond donors (Lipinski definition) is 2. The van der Waals surface area contributed by atoms with E-state index in [0.29, 0.717) is 16.1 Å². The molecule has 0 aliphatic heterocycles. The maximum atomic E-state index is 12.7. The number of alkyl halides is 3. The highest BCUT2D eigenvalue weighted by atomic mass is 35.5. The Labute approximate surface area is 122 Å². The van der Waals surface area contributed by atoms with Crippen LogP contribution in [0.1, 0.15) is 5.56 Å². The molecule has 0 aliphatic rings. The van der Waals surface area contributed by atoms with Crippen molar-refractivity contribution >= 4 is 22.6 Å². The number of phenolic OH excluding ortho intramolecular Hbond substituents is 1. The summed E-state index contributed by atoms with van der Waals surface area (Å²) in [6.45, 7) is 0. The Morgan fingerprint density at radius 3 is 2.57 bits per heavy atom. The highest BCUT2D eigenvalue weighted by molar-refractivity contribution is 6.30. The first-order valence-corrected chi connectivity index (χ1v) is 6.28. The molecule has 0 atom stereocenters. The van der Waals surface area contributed by atoms with Crippen LogP contribution in [0.2, 0.25) is 5.02 Å². The predicted octanol–water partition coefficient (Wildman–Crippen LogP) is 4.61. The van der Waals surface area contributed by atoms with Crippen LogP contribution >= 0.6 is 11.6 Å². The van der Waals surface area contributed by atoms with Crippen molar-refractivity contribution in [3.05, 3.63) is 47.0 Å². The van der Waals surface area contributed by atoms with E-state index in [9.17, 15) is 18.3 Å². The van der Waals surface area contributed by atoms with Crippen LogP contribution in [0.5, 0.6) is 5.75 Å². The SMILES string of the molecule is Oc1ccc(Cl)cc1-c1nc2ccc(C(F)(F)F)cc2[nH]1. The molecule has 0 saturated heterocycles. The molecule has 1 aromatic heterocycles. The third-order valence-electron chi connectivity index (χ3n) is 3.02. The van der Waals surface area contributed by atoms with Crippen molar-refractivity contribution in [1.82, 2.24) is 9.97 Å². The zero-order valence-electron chi connectivity index (χ0n) is 10.4. The molecule has 0 fully saturated rings. The predicted molar refractivity (Wildman–Crippen MR) is 73.2 cm³/mol. The molecular weight excluding hydrogens is 305 g/mol. The van der Waals surface area contributed by atoms with Gasteiger partial charge in [0.2, 0.25) is 0 Å². The first kappa shape index (κ1) is 13.8. The van der Waals surface area contributed by atoms with Gasteiger partial charge in [-0.1, -0.05) is 11.6 Å². The van der Waals surface area contributed by atoms with Gasteiger partial charge in [0, 0.05) is 5.02 Å². The second-order valence-corrected chi connectivity index (χ2v) is 4.91. The summed E-state index contributed by atoms with van der Waals surface area (Å²) in [6, 6.07) is 7.61. The van der Waals surface area contributed by atoms with Gasteiger partial charge in [-0.2, -0.15) is 13.2 Å². The largest absolute Gasteiger partial charge is 0.507 e. The molecule has 2 aromatic carbocycles. The zero-order chi connectivity index (χ0) is 15.2. The van der Waals surface area contributed by atoms with Crippen LogP contribution in [0.25, 0.3) is 22.4 Å². The standard InChI is InChI=1S/C14H8ClF3N2O/c15-8-2-4-12(21)9(6-8)13-19-10-3-1-7(14(16,17)18)5-11(10)20-13/h1-6,21H,(H,19,20). The van der Waals surface area contributed by atoms with Crippen molar-refractivity contribution in [3.8, 4) is 17.1 Å². The Hall–Kier alpha value is -2.21. The van der Waals surface area contributed by atoms with Crippen molar-refractivity contribution < 1.29 is 18.3 Å². The smallest absolute Gasteiger partial charge is 0.416 e. The lowest BCUT2D eigenvalue weighted by molar-refractivity contribution is -0.137. The first-order chi connectivity index (χ1) is 9.84. The van der Waals surface area contributed by atoms with Gasteiger partial charge in [0.05, 0.1) is 22.2 Å². The molecule has 108 valence electrons. The molecule has 0 bridgehead atoms. The minimum absolute atomic E-state index is 0.0606. The van der Waals surface area contributed by atoms with Gasteiger partial charge in [-0.25, -0.2) is 4.98 Å². The van der Waals surface area contributed by atoms with Gasteiger partial charge >= 0.3 is 6.18 Å². The summed E-state index contributed by atoms with van der Waals surface area (Å²) >= 11 is 5.85. The molecule has 2 N–H and O–H groups in total. The molecule has 7 heteroatoms. The molecule has 0 radical (unpaired) electrons. The molecule has 0 saturated carbocycles. The van der Waals surface area contributed by atoms with Gasteiger partial charge < -0.3 is 10.1 Å². The Morgan fingerprint density at radius 1 is 1.10 bits per heavy atom. The van der Waals surface area contributed by atoms with Gasteiger partial charge in [0.25, 0.3) is 0 Å². The van der Waals surface area contributed by atoms with Gasteiger partial charge in [-0.3, -0.25) is 0 Å². The lowest BCUT2D eigenvalue weighted by atomic mass is 10.2. The van der Waals surface area contributed by atoms with Crippen molar-refractivity contribution in [3.63, 3.8) is 0 Å². The lowest BCUT2D eigenvalue weighted by Gasteiger charge is -2.05.